The number of hydrogen-bond acceptors (Lipinski definition) is 3. The Morgan fingerprint density at radius 3 is 2.84 bits per heavy atom. The van der Waals surface area contributed by atoms with Gasteiger partial charge in [-0.1, -0.05) is 20.3 Å². The Balaban J connectivity index is 1.63. The highest BCUT2D eigenvalue weighted by molar-refractivity contribution is 4.98. The standard InChI is InChI=1S/C15H26N4/c1-10(2)8-19-15(17-9-18-19)7-14(16)13-6-11-3-4-12(13)5-11/h9-14H,3-8,16H2,1-2H3. The summed E-state index contributed by atoms with van der Waals surface area (Å²) in [5.74, 6) is 4.25. The van der Waals surface area contributed by atoms with Crippen LogP contribution in [0.25, 0.3) is 0 Å². The van der Waals surface area contributed by atoms with Crippen molar-refractivity contribution in [3.05, 3.63) is 12.2 Å². The molecule has 1 aromatic rings. The molecule has 2 aliphatic rings. The maximum atomic E-state index is 6.48. The van der Waals surface area contributed by atoms with Gasteiger partial charge in [-0.15, -0.1) is 0 Å². The first-order valence-corrected chi connectivity index (χ1v) is 7.75. The Kier molecular flexibility index (Phi) is 3.61. The molecule has 1 heterocycles. The summed E-state index contributed by atoms with van der Waals surface area (Å²) in [4.78, 5) is 4.41. The van der Waals surface area contributed by atoms with Crippen LogP contribution in [0.2, 0.25) is 0 Å². The lowest BCUT2D eigenvalue weighted by Crippen LogP contribution is -2.36. The van der Waals surface area contributed by atoms with Crippen LogP contribution >= 0.6 is 0 Å². The molecule has 0 aromatic carbocycles. The van der Waals surface area contributed by atoms with Crippen molar-refractivity contribution < 1.29 is 0 Å². The average Bonchev–Trinajstić information content (AvgIpc) is 3.05. The minimum Gasteiger partial charge on any atom is -0.327 e. The third kappa shape index (κ3) is 2.69. The van der Waals surface area contributed by atoms with Crippen LogP contribution in [0.1, 0.15) is 45.4 Å². The molecule has 0 radical (unpaired) electrons. The van der Waals surface area contributed by atoms with E-state index in [0.717, 1.165) is 36.5 Å². The maximum Gasteiger partial charge on any atom is 0.138 e. The van der Waals surface area contributed by atoms with Gasteiger partial charge < -0.3 is 5.73 Å². The van der Waals surface area contributed by atoms with Crippen molar-refractivity contribution in [2.24, 2.45) is 29.4 Å². The predicted molar refractivity (Wildman–Crippen MR) is 75.5 cm³/mol. The van der Waals surface area contributed by atoms with Gasteiger partial charge in [-0.25, -0.2) is 9.67 Å². The molecular formula is C15H26N4. The molecule has 0 aliphatic heterocycles. The quantitative estimate of drug-likeness (QED) is 0.885. The van der Waals surface area contributed by atoms with Crippen molar-refractivity contribution in [1.82, 2.24) is 14.8 Å². The molecule has 0 saturated heterocycles. The minimum absolute atomic E-state index is 0.269. The summed E-state index contributed by atoms with van der Waals surface area (Å²) in [6, 6.07) is 0.269. The van der Waals surface area contributed by atoms with Gasteiger partial charge in [0.15, 0.2) is 0 Å². The zero-order chi connectivity index (χ0) is 13.4. The van der Waals surface area contributed by atoms with E-state index in [1.54, 1.807) is 6.33 Å². The van der Waals surface area contributed by atoms with Crippen molar-refractivity contribution in [1.29, 1.82) is 0 Å². The molecule has 4 unspecified atom stereocenters. The van der Waals surface area contributed by atoms with Gasteiger partial charge in [0.25, 0.3) is 0 Å². The van der Waals surface area contributed by atoms with Crippen LogP contribution in [-0.4, -0.2) is 20.8 Å². The first-order valence-electron chi connectivity index (χ1n) is 7.75. The molecule has 19 heavy (non-hydrogen) atoms. The van der Waals surface area contributed by atoms with Crippen molar-refractivity contribution >= 4 is 0 Å². The van der Waals surface area contributed by atoms with E-state index in [4.69, 9.17) is 5.73 Å². The Morgan fingerprint density at radius 1 is 1.37 bits per heavy atom. The van der Waals surface area contributed by atoms with Gasteiger partial charge in [-0.3, -0.25) is 0 Å². The largest absolute Gasteiger partial charge is 0.327 e. The lowest BCUT2D eigenvalue weighted by atomic mass is 9.82. The summed E-state index contributed by atoms with van der Waals surface area (Å²) in [6.45, 7) is 5.36. The zero-order valence-electron chi connectivity index (χ0n) is 12.1. The predicted octanol–water partition coefficient (Wildman–Crippen LogP) is 2.24. The van der Waals surface area contributed by atoms with Crippen LogP contribution in [0, 0.1) is 23.7 Å². The molecule has 2 fully saturated rings. The molecule has 1 aromatic heterocycles. The van der Waals surface area contributed by atoms with E-state index < -0.39 is 0 Å². The fourth-order valence-electron chi connectivity index (χ4n) is 4.13. The molecule has 4 atom stereocenters. The van der Waals surface area contributed by atoms with Crippen LogP contribution in [-0.2, 0) is 13.0 Å². The summed E-state index contributed by atoms with van der Waals surface area (Å²) in [5, 5.41) is 4.33. The lowest BCUT2D eigenvalue weighted by molar-refractivity contribution is 0.275. The van der Waals surface area contributed by atoms with Crippen LogP contribution in [0.4, 0.5) is 0 Å². The highest BCUT2D eigenvalue weighted by Crippen LogP contribution is 2.49. The lowest BCUT2D eigenvalue weighted by Gasteiger charge is -2.27. The number of hydrogen-bond donors (Lipinski definition) is 1. The second-order valence-corrected chi connectivity index (χ2v) is 6.96. The second kappa shape index (κ2) is 5.23. The Morgan fingerprint density at radius 2 is 2.21 bits per heavy atom. The fourth-order valence-corrected chi connectivity index (χ4v) is 4.13. The Hall–Kier alpha value is -0.900. The van der Waals surface area contributed by atoms with E-state index in [2.05, 4.69) is 23.9 Å². The van der Waals surface area contributed by atoms with E-state index in [0.29, 0.717) is 5.92 Å². The van der Waals surface area contributed by atoms with Crippen LogP contribution in [0.3, 0.4) is 0 Å². The van der Waals surface area contributed by atoms with Gasteiger partial charge in [-0.2, -0.15) is 5.10 Å². The first kappa shape index (κ1) is 13.1. The molecule has 106 valence electrons. The van der Waals surface area contributed by atoms with E-state index in [1.165, 1.54) is 25.7 Å². The monoisotopic (exact) mass is 262 g/mol. The van der Waals surface area contributed by atoms with E-state index >= 15 is 0 Å². The number of nitrogens with two attached hydrogens (primary N) is 1. The summed E-state index contributed by atoms with van der Waals surface area (Å²) in [7, 11) is 0. The van der Waals surface area contributed by atoms with Crippen LogP contribution < -0.4 is 5.73 Å². The minimum atomic E-state index is 0.269. The molecule has 2 aliphatic carbocycles. The highest BCUT2D eigenvalue weighted by Gasteiger charge is 2.42. The fraction of sp³-hybridized carbons (Fsp3) is 0.867. The summed E-state index contributed by atoms with van der Waals surface area (Å²) >= 11 is 0. The molecule has 3 rings (SSSR count). The summed E-state index contributed by atoms with van der Waals surface area (Å²) in [5.41, 5.74) is 6.48. The topological polar surface area (TPSA) is 56.7 Å². The number of rotatable bonds is 5. The summed E-state index contributed by atoms with van der Waals surface area (Å²) in [6.07, 6.45) is 8.19. The Labute approximate surface area is 115 Å². The molecule has 2 bridgehead atoms. The van der Waals surface area contributed by atoms with E-state index in [1.807, 2.05) is 4.68 Å². The van der Waals surface area contributed by atoms with Gasteiger partial charge in [0.2, 0.25) is 0 Å². The van der Waals surface area contributed by atoms with Gasteiger partial charge in [0, 0.05) is 19.0 Å². The van der Waals surface area contributed by atoms with Gasteiger partial charge in [0.05, 0.1) is 0 Å². The highest BCUT2D eigenvalue weighted by atomic mass is 15.3. The third-order valence-corrected chi connectivity index (χ3v) is 4.99. The van der Waals surface area contributed by atoms with E-state index in [-0.39, 0.29) is 6.04 Å². The number of fused-ring (bicyclic) bond motifs is 2. The SMILES string of the molecule is CC(C)Cn1ncnc1CC(N)C1CC2CCC1C2. The average molecular weight is 262 g/mol. The zero-order valence-corrected chi connectivity index (χ0v) is 12.1. The molecule has 0 spiro atoms. The molecule has 4 heteroatoms. The number of aromatic nitrogens is 3. The van der Waals surface area contributed by atoms with Gasteiger partial charge in [0.1, 0.15) is 12.2 Å². The third-order valence-electron chi connectivity index (χ3n) is 4.99. The molecular weight excluding hydrogens is 236 g/mol. The molecule has 2 saturated carbocycles. The smallest absolute Gasteiger partial charge is 0.138 e. The van der Waals surface area contributed by atoms with Crippen LogP contribution in [0.5, 0.6) is 0 Å². The van der Waals surface area contributed by atoms with Gasteiger partial charge >= 0.3 is 0 Å². The number of nitrogens with zero attached hydrogens (tertiary/aromatic N) is 3. The first-order chi connectivity index (χ1) is 9.13. The van der Waals surface area contributed by atoms with E-state index in [9.17, 15) is 0 Å². The second-order valence-electron chi connectivity index (χ2n) is 6.96. The summed E-state index contributed by atoms with van der Waals surface area (Å²) < 4.78 is 2.04. The molecule has 4 nitrogen and oxygen atoms in total. The van der Waals surface area contributed by atoms with Crippen molar-refractivity contribution in [3.63, 3.8) is 0 Å². The maximum absolute atomic E-state index is 6.48. The Bertz CT molecular complexity index is 426. The molecule has 2 N–H and O–H groups in total. The van der Waals surface area contributed by atoms with Crippen molar-refractivity contribution in [2.45, 2.75) is 58.5 Å². The normalized spacial score (nSPS) is 31.3. The van der Waals surface area contributed by atoms with Gasteiger partial charge in [-0.05, 0) is 42.9 Å². The molecule has 0 amide bonds. The van der Waals surface area contributed by atoms with Crippen LogP contribution in [0.15, 0.2) is 6.33 Å². The van der Waals surface area contributed by atoms with Crippen molar-refractivity contribution in [3.8, 4) is 0 Å². The van der Waals surface area contributed by atoms with Crippen molar-refractivity contribution in [2.75, 3.05) is 0 Å².